The van der Waals surface area contributed by atoms with Gasteiger partial charge in [0.15, 0.2) is 0 Å². The van der Waals surface area contributed by atoms with E-state index < -0.39 is 0 Å². The molecule has 4 nitrogen and oxygen atoms in total. The quantitative estimate of drug-likeness (QED) is 0.905. The smallest absolute Gasteiger partial charge is 0.124 e. The molecule has 2 saturated heterocycles. The van der Waals surface area contributed by atoms with Crippen LogP contribution < -0.4 is 10.1 Å². The number of nitrogens with zero attached hydrogens (tertiary/aromatic N) is 1. The Bertz CT molecular complexity index is 483. The van der Waals surface area contributed by atoms with Gasteiger partial charge in [-0.25, -0.2) is 0 Å². The van der Waals surface area contributed by atoms with Gasteiger partial charge in [0.05, 0.1) is 19.8 Å². The highest BCUT2D eigenvalue weighted by molar-refractivity contribution is 6.31. The molecule has 0 saturated carbocycles. The van der Waals surface area contributed by atoms with Crippen LogP contribution in [0.25, 0.3) is 0 Å². The number of rotatable bonds is 5. The summed E-state index contributed by atoms with van der Waals surface area (Å²) in [4.78, 5) is 2.56. The van der Waals surface area contributed by atoms with Crippen molar-refractivity contribution in [3.8, 4) is 5.75 Å². The molecule has 2 atom stereocenters. The Kier molecular flexibility index (Phi) is 5.01. The van der Waals surface area contributed by atoms with E-state index in [4.69, 9.17) is 21.1 Å². The molecular weight excluding hydrogens is 288 g/mol. The standard InChI is InChI=1S/C16H23ClN2O2/c1-20-16-6-2-5-15(17)14(16)9-18-8-13-10-19-7-3-4-12(19)11-21-13/h2,5-6,12-13,18H,3-4,7-11H2,1H3. The molecule has 1 aromatic carbocycles. The lowest BCUT2D eigenvalue weighted by atomic mass is 10.1. The van der Waals surface area contributed by atoms with Crippen molar-refractivity contribution in [3.63, 3.8) is 0 Å². The molecule has 0 amide bonds. The Balaban J connectivity index is 1.50. The molecule has 0 aliphatic carbocycles. The van der Waals surface area contributed by atoms with Crippen molar-refractivity contribution in [2.75, 3.05) is 33.4 Å². The zero-order valence-corrected chi connectivity index (χ0v) is 13.2. The van der Waals surface area contributed by atoms with Gasteiger partial charge in [0.1, 0.15) is 5.75 Å². The predicted molar refractivity (Wildman–Crippen MR) is 84.0 cm³/mol. The topological polar surface area (TPSA) is 33.7 Å². The van der Waals surface area contributed by atoms with Gasteiger partial charge in [0.25, 0.3) is 0 Å². The van der Waals surface area contributed by atoms with E-state index in [2.05, 4.69) is 10.2 Å². The van der Waals surface area contributed by atoms with Crippen LogP contribution in [-0.2, 0) is 11.3 Å². The Morgan fingerprint density at radius 2 is 2.38 bits per heavy atom. The number of hydrogen-bond acceptors (Lipinski definition) is 4. The maximum absolute atomic E-state index is 6.24. The average molecular weight is 311 g/mol. The number of halogens is 1. The summed E-state index contributed by atoms with van der Waals surface area (Å²) in [6, 6.07) is 6.40. The van der Waals surface area contributed by atoms with E-state index in [0.717, 1.165) is 36.0 Å². The Labute approximate surface area is 131 Å². The summed E-state index contributed by atoms with van der Waals surface area (Å²) < 4.78 is 11.3. The number of nitrogens with one attached hydrogen (secondary N) is 1. The lowest BCUT2D eigenvalue weighted by Gasteiger charge is -2.35. The summed E-state index contributed by atoms with van der Waals surface area (Å²) in [5, 5.41) is 4.19. The van der Waals surface area contributed by atoms with Crippen LogP contribution in [0.5, 0.6) is 5.75 Å². The summed E-state index contributed by atoms with van der Waals surface area (Å²) in [5.74, 6) is 0.833. The summed E-state index contributed by atoms with van der Waals surface area (Å²) in [7, 11) is 1.67. The monoisotopic (exact) mass is 310 g/mol. The van der Waals surface area contributed by atoms with Crippen molar-refractivity contribution in [1.82, 2.24) is 10.2 Å². The molecule has 2 unspecified atom stereocenters. The van der Waals surface area contributed by atoms with Crippen molar-refractivity contribution >= 4 is 11.6 Å². The van der Waals surface area contributed by atoms with Gasteiger partial charge in [0, 0.05) is 36.3 Å². The predicted octanol–water partition coefficient (Wildman–Crippen LogP) is 2.30. The fourth-order valence-corrected chi connectivity index (χ4v) is 3.50. The molecule has 1 aromatic rings. The fraction of sp³-hybridized carbons (Fsp3) is 0.625. The van der Waals surface area contributed by atoms with Gasteiger partial charge >= 0.3 is 0 Å². The fourth-order valence-electron chi connectivity index (χ4n) is 3.27. The largest absolute Gasteiger partial charge is 0.496 e. The van der Waals surface area contributed by atoms with E-state index in [9.17, 15) is 0 Å². The molecule has 2 aliphatic rings. The van der Waals surface area contributed by atoms with E-state index in [1.807, 2.05) is 18.2 Å². The second kappa shape index (κ2) is 6.97. The summed E-state index contributed by atoms with van der Waals surface area (Å²) in [6.45, 7) is 4.69. The minimum atomic E-state index is 0.271. The van der Waals surface area contributed by atoms with Crippen LogP contribution in [0.3, 0.4) is 0 Å². The first kappa shape index (κ1) is 15.1. The summed E-state index contributed by atoms with van der Waals surface area (Å²) >= 11 is 6.24. The lowest BCUT2D eigenvalue weighted by Crippen LogP contribution is -2.49. The Morgan fingerprint density at radius 1 is 1.48 bits per heavy atom. The van der Waals surface area contributed by atoms with Crippen LogP contribution in [0.1, 0.15) is 18.4 Å². The molecule has 3 rings (SSSR count). The van der Waals surface area contributed by atoms with E-state index in [1.54, 1.807) is 7.11 Å². The second-order valence-electron chi connectivity index (χ2n) is 5.80. The van der Waals surface area contributed by atoms with Gasteiger partial charge in [-0.3, -0.25) is 4.90 Å². The molecule has 0 aromatic heterocycles. The van der Waals surface area contributed by atoms with Crippen molar-refractivity contribution < 1.29 is 9.47 Å². The van der Waals surface area contributed by atoms with Crippen LogP contribution in [-0.4, -0.2) is 50.4 Å². The van der Waals surface area contributed by atoms with E-state index in [0.29, 0.717) is 12.6 Å². The molecule has 0 bridgehead atoms. The van der Waals surface area contributed by atoms with Crippen LogP contribution >= 0.6 is 11.6 Å². The number of methoxy groups -OCH3 is 1. The Hall–Kier alpha value is -0.810. The molecule has 2 heterocycles. The third-order valence-corrected chi connectivity index (χ3v) is 4.79. The zero-order valence-electron chi connectivity index (χ0n) is 12.5. The minimum Gasteiger partial charge on any atom is -0.496 e. The maximum Gasteiger partial charge on any atom is 0.124 e. The number of benzene rings is 1. The molecular formula is C16H23ClN2O2. The van der Waals surface area contributed by atoms with Gasteiger partial charge in [-0.2, -0.15) is 0 Å². The molecule has 116 valence electrons. The van der Waals surface area contributed by atoms with Crippen LogP contribution in [0.15, 0.2) is 18.2 Å². The van der Waals surface area contributed by atoms with E-state index in [-0.39, 0.29) is 6.10 Å². The number of ether oxygens (including phenoxy) is 2. The SMILES string of the molecule is COc1cccc(Cl)c1CNCC1CN2CCCC2CO1. The molecule has 5 heteroatoms. The van der Waals surface area contributed by atoms with E-state index >= 15 is 0 Å². The first-order valence-corrected chi connectivity index (χ1v) is 8.03. The summed E-state index contributed by atoms with van der Waals surface area (Å²) in [6.07, 6.45) is 2.87. The molecule has 1 N–H and O–H groups in total. The molecule has 0 radical (unpaired) electrons. The third kappa shape index (κ3) is 3.51. The van der Waals surface area contributed by atoms with Gasteiger partial charge < -0.3 is 14.8 Å². The molecule has 21 heavy (non-hydrogen) atoms. The highest BCUT2D eigenvalue weighted by atomic mass is 35.5. The number of hydrogen-bond donors (Lipinski definition) is 1. The minimum absolute atomic E-state index is 0.271. The van der Waals surface area contributed by atoms with Crippen molar-refractivity contribution in [1.29, 1.82) is 0 Å². The average Bonchev–Trinajstić information content (AvgIpc) is 2.96. The maximum atomic E-state index is 6.24. The molecule has 2 aliphatic heterocycles. The highest BCUT2D eigenvalue weighted by Gasteiger charge is 2.31. The number of morpholine rings is 1. The summed E-state index contributed by atoms with van der Waals surface area (Å²) in [5.41, 5.74) is 1.01. The van der Waals surface area contributed by atoms with Crippen LogP contribution in [0.4, 0.5) is 0 Å². The third-order valence-electron chi connectivity index (χ3n) is 4.43. The van der Waals surface area contributed by atoms with Crippen molar-refractivity contribution in [2.24, 2.45) is 0 Å². The van der Waals surface area contributed by atoms with Gasteiger partial charge in [0.2, 0.25) is 0 Å². The Morgan fingerprint density at radius 3 is 3.24 bits per heavy atom. The van der Waals surface area contributed by atoms with Gasteiger partial charge in [-0.05, 0) is 31.5 Å². The second-order valence-corrected chi connectivity index (χ2v) is 6.21. The molecule has 2 fully saturated rings. The van der Waals surface area contributed by atoms with Gasteiger partial charge in [-0.15, -0.1) is 0 Å². The van der Waals surface area contributed by atoms with Crippen LogP contribution in [0, 0.1) is 0 Å². The van der Waals surface area contributed by atoms with E-state index in [1.165, 1.54) is 19.4 Å². The van der Waals surface area contributed by atoms with Crippen LogP contribution in [0.2, 0.25) is 5.02 Å². The van der Waals surface area contributed by atoms with Gasteiger partial charge in [-0.1, -0.05) is 17.7 Å². The molecule has 0 spiro atoms. The van der Waals surface area contributed by atoms with Crippen molar-refractivity contribution in [3.05, 3.63) is 28.8 Å². The lowest BCUT2D eigenvalue weighted by molar-refractivity contribution is -0.0470. The first-order valence-electron chi connectivity index (χ1n) is 7.65. The van der Waals surface area contributed by atoms with Crippen molar-refractivity contribution in [2.45, 2.75) is 31.5 Å². The number of fused-ring (bicyclic) bond motifs is 1. The normalized spacial score (nSPS) is 25.8. The highest BCUT2D eigenvalue weighted by Crippen LogP contribution is 2.26. The zero-order chi connectivity index (χ0) is 14.7. The first-order chi connectivity index (χ1) is 10.3.